The minimum Gasteiger partial charge on any atom is -0.320 e. The van der Waals surface area contributed by atoms with Crippen molar-refractivity contribution in [2.75, 3.05) is 27.2 Å². The fourth-order valence-electron chi connectivity index (χ4n) is 2.51. The highest BCUT2D eigenvalue weighted by atomic mass is 15.1. The van der Waals surface area contributed by atoms with Crippen LogP contribution in [-0.4, -0.2) is 38.1 Å². The zero-order valence-corrected chi connectivity index (χ0v) is 10.1. The summed E-state index contributed by atoms with van der Waals surface area (Å²) >= 11 is 0. The van der Waals surface area contributed by atoms with Crippen molar-refractivity contribution in [1.82, 2.24) is 10.2 Å². The number of nitrogens with one attached hydrogen (secondary N) is 1. The van der Waals surface area contributed by atoms with E-state index in [1.54, 1.807) is 0 Å². The van der Waals surface area contributed by atoms with Crippen molar-refractivity contribution in [1.29, 1.82) is 0 Å². The van der Waals surface area contributed by atoms with Gasteiger partial charge in [0.1, 0.15) is 0 Å². The smallest absolute Gasteiger partial charge is 0.00921 e. The van der Waals surface area contributed by atoms with E-state index in [0.717, 1.165) is 18.5 Å². The summed E-state index contributed by atoms with van der Waals surface area (Å²) in [5.74, 6) is 0.967. The molecule has 0 saturated heterocycles. The van der Waals surface area contributed by atoms with Gasteiger partial charge in [0.25, 0.3) is 0 Å². The van der Waals surface area contributed by atoms with E-state index in [0.29, 0.717) is 0 Å². The van der Waals surface area contributed by atoms with E-state index in [1.165, 1.54) is 38.6 Å². The lowest BCUT2D eigenvalue weighted by Crippen LogP contribution is -2.36. The second kappa shape index (κ2) is 6.41. The first-order valence-electron chi connectivity index (χ1n) is 6.10. The van der Waals surface area contributed by atoms with Gasteiger partial charge in [0, 0.05) is 6.04 Å². The lowest BCUT2D eigenvalue weighted by molar-refractivity contribution is 0.190. The van der Waals surface area contributed by atoms with E-state index < -0.39 is 0 Å². The lowest BCUT2D eigenvalue weighted by atomic mass is 9.98. The molecule has 1 saturated carbocycles. The predicted octanol–water partition coefficient (Wildman–Crippen LogP) is 2.11. The van der Waals surface area contributed by atoms with Gasteiger partial charge in [0.15, 0.2) is 0 Å². The maximum Gasteiger partial charge on any atom is 0.00921 e. The van der Waals surface area contributed by atoms with Gasteiger partial charge in [-0.25, -0.2) is 0 Å². The number of hydrogen-bond donors (Lipinski definition) is 1. The first-order chi connectivity index (χ1) is 6.75. The fraction of sp³-hybridized carbons (Fsp3) is 1.00. The quantitative estimate of drug-likeness (QED) is 0.658. The van der Waals surface area contributed by atoms with Crippen LogP contribution in [0.5, 0.6) is 0 Å². The first-order valence-corrected chi connectivity index (χ1v) is 6.10. The molecular formula is C12H26N2. The largest absolute Gasteiger partial charge is 0.320 e. The molecule has 0 aliphatic heterocycles. The number of hydrogen-bond acceptors (Lipinski definition) is 2. The van der Waals surface area contributed by atoms with Crippen LogP contribution >= 0.6 is 0 Å². The van der Waals surface area contributed by atoms with E-state index in [2.05, 4.69) is 24.2 Å². The molecule has 1 N–H and O–H groups in total. The lowest BCUT2D eigenvalue weighted by Gasteiger charge is -2.29. The van der Waals surface area contributed by atoms with Crippen LogP contribution < -0.4 is 5.32 Å². The highest BCUT2D eigenvalue weighted by molar-refractivity contribution is 4.78. The topological polar surface area (TPSA) is 15.3 Å². The number of rotatable bonds is 6. The van der Waals surface area contributed by atoms with Crippen LogP contribution in [-0.2, 0) is 0 Å². The van der Waals surface area contributed by atoms with Gasteiger partial charge in [-0.2, -0.15) is 0 Å². The molecule has 1 atom stereocenters. The molecule has 2 heteroatoms. The molecule has 0 radical (unpaired) electrons. The van der Waals surface area contributed by atoms with Crippen molar-refractivity contribution in [3.05, 3.63) is 0 Å². The van der Waals surface area contributed by atoms with E-state index in [1.807, 2.05) is 7.05 Å². The third-order valence-corrected chi connectivity index (χ3v) is 3.71. The van der Waals surface area contributed by atoms with Gasteiger partial charge < -0.3 is 10.2 Å². The highest BCUT2D eigenvalue weighted by Gasteiger charge is 2.23. The summed E-state index contributed by atoms with van der Waals surface area (Å²) in [6, 6.07) is 0.786. The van der Waals surface area contributed by atoms with Crippen LogP contribution in [0.3, 0.4) is 0 Å². The molecule has 1 rings (SSSR count). The predicted molar refractivity (Wildman–Crippen MR) is 62.6 cm³/mol. The van der Waals surface area contributed by atoms with Crippen molar-refractivity contribution < 1.29 is 0 Å². The van der Waals surface area contributed by atoms with Gasteiger partial charge in [-0.05, 0) is 59.3 Å². The summed E-state index contributed by atoms with van der Waals surface area (Å²) in [7, 11) is 4.30. The Morgan fingerprint density at radius 2 is 2.00 bits per heavy atom. The maximum atomic E-state index is 3.20. The summed E-state index contributed by atoms with van der Waals surface area (Å²) in [6.45, 7) is 4.77. The van der Waals surface area contributed by atoms with Crippen LogP contribution in [0.2, 0.25) is 0 Å². The van der Waals surface area contributed by atoms with Crippen molar-refractivity contribution in [2.24, 2.45) is 5.92 Å². The minimum absolute atomic E-state index is 0.786. The van der Waals surface area contributed by atoms with E-state index in [9.17, 15) is 0 Å². The molecule has 1 aliphatic rings. The molecule has 0 spiro atoms. The summed E-state index contributed by atoms with van der Waals surface area (Å²) in [6.07, 6.45) is 7.10. The van der Waals surface area contributed by atoms with Crippen LogP contribution in [0.1, 0.15) is 39.0 Å². The number of nitrogens with zero attached hydrogens (tertiary/aromatic N) is 1. The Balaban J connectivity index is 2.17. The van der Waals surface area contributed by atoms with Crippen LogP contribution in [0.15, 0.2) is 0 Å². The van der Waals surface area contributed by atoms with Gasteiger partial charge >= 0.3 is 0 Å². The zero-order chi connectivity index (χ0) is 10.4. The Hall–Kier alpha value is -0.0800. The molecule has 0 bridgehead atoms. The summed E-state index contributed by atoms with van der Waals surface area (Å²) in [5.41, 5.74) is 0. The third kappa shape index (κ3) is 3.58. The summed E-state index contributed by atoms with van der Waals surface area (Å²) < 4.78 is 0. The molecule has 0 amide bonds. The standard InChI is InChI=1S/C12H26N2/c1-11(12-7-4-5-8-12)14(3)10-6-9-13-2/h11-13H,4-10H2,1-3H3. The van der Waals surface area contributed by atoms with E-state index in [-0.39, 0.29) is 0 Å². The molecule has 0 aromatic carbocycles. The van der Waals surface area contributed by atoms with Crippen LogP contribution in [0, 0.1) is 5.92 Å². The molecule has 0 aromatic heterocycles. The van der Waals surface area contributed by atoms with Gasteiger partial charge in [-0.3, -0.25) is 0 Å². The Morgan fingerprint density at radius 3 is 2.57 bits per heavy atom. The Bertz CT molecular complexity index is 141. The Kier molecular flexibility index (Phi) is 5.49. The molecule has 84 valence electrons. The van der Waals surface area contributed by atoms with Gasteiger partial charge in [-0.1, -0.05) is 12.8 Å². The highest BCUT2D eigenvalue weighted by Crippen LogP contribution is 2.29. The van der Waals surface area contributed by atoms with Gasteiger partial charge in [0.05, 0.1) is 0 Å². The first kappa shape index (κ1) is 12.0. The summed E-state index contributed by atoms with van der Waals surface area (Å²) in [5, 5.41) is 3.20. The Morgan fingerprint density at radius 1 is 1.36 bits per heavy atom. The summed E-state index contributed by atoms with van der Waals surface area (Å²) in [4.78, 5) is 2.54. The Labute approximate surface area is 89.1 Å². The fourth-order valence-corrected chi connectivity index (χ4v) is 2.51. The third-order valence-electron chi connectivity index (χ3n) is 3.71. The molecule has 2 nitrogen and oxygen atoms in total. The van der Waals surface area contributed by atoms with Gasteiger partial charge in [0.2, 0.25) is 0 Å². The average molecular weight is 198 g/mol. The normalized spacial score (nSPS) is 20.6. The second-order valence-electron chi connectivity index (χ2n) is 4.72. The van der Waals surface area contributed by atoms with Crippen molar-refractivity contribution >= 4 is 0 Å². The monoisotopic (exact) mass is 198 g/mol. The SMILES string of the molecule is CNCCCN(C)C(C)C1CCCC1. The molecule has 1 aliphatic carbocycles. The maximum absolute atomic E-state index is 3.20. The molecule has 0 aromatic rings. The zero-order valence-electron chi connectivity index (χ0n) is 10.1. The minimum atomic E-state index is 0.786. The van der Waals surface area contributed by atoms with Gasteiger partial charge in [-0.15, -0.1) is 0 Å². The molecule has 0 heterocycles. The van der Waals surface area contributed by atoms with Crippen molar-refractivity contribution in [2.45, 2.75) is 45.1 Å². The van der Waals surface area contributed by atoms with E-state index in [4.69, 9.17) is 0 Å². The molecule has 1 fully saturated rings. The van der Waals surface area contributed by atoms with E-state index >= 15 is 0 Å². The van der Waals surface area contributed by atoms with Crippen LogP contribution in [0.25, 0.3) is 0 Å². The van der Waals surface area contributed by atoms with Crippen molar-refractivity contribution in [3.63, 3.8) is 0 Å². The second-order valence-corrected chi connectivity index (χ2v) is 4.72. The molecule has 14 heavy (non-hydrogen) atoms. The van der Waals surface area contributed by atoms with Crippen LogP contribution in [0.4, 0.5) is 0 Å². The molecule has 1 unspecified atom stereocenters. The molecular weight excluding hydrogens is 172 g/mol. The van der Waals surface area contributed by atoms with Crippen molar-refractivity contribution in [3.8, 4) is 0 Å². The average Bonchev–Trinajstić information content (AvgIpc) is 2.69.